The van der Waals surface area contributed by atoms with Crippen molar-refractivity contribution in [2.75, 3.05) is 45.2 Å². The van der Waals surface area contributed by atoms with Crippen LogP contribution in [0.3, 0.4) is 0 Å². The normalized spacial score (nSPS) is 23.0. The molecule has 2 aliphatic rings. The Morgan fingerprint density at radius 2 is 2.10 bits per heavy atom. The van der Waals surface area contributed by atoms with E-state index in [0.29, 0.717) is 49.1 Å². The van der Waals surface area contributed by atoms with E-state index in [4.69, 9.17) is 16.3 Å². The largest absolute Gasteiger partial charge is 0.375 e. The van der Waals surface area contributed by atoms with Gasteiger partial charge in [-0.2, -0.15) is 5.10 Å². The molecule has 1 aromatic carbocycles. The van der Waals surface area contributed by atoms with Crippen molar-refractivity contribution < 1.29 is 14.3 Å². The minimum atomic E-state index is -0.400. The number of ether oxygens (including phenoxy) is 1. The molecule has 166 valence electrons. The minimum absolute atomic E-state index is 0.0245. The van der Waals surface area contributed by atoms with E-state index < -0.39 is 5.41 Å². The summed E-state index contributed by atoms with van der Waals surface area (Å²) < 4.78 is 5.02. The van der Waals surface area contributed by atoms with E-state index in [1.54, 1.807) is 11.0 Å². The second-order valence-corrected chi connectivity index (χ2v) is 8.82. The number of methoxy groups -OCH3 is 1. The molecule has 0 unspecified atom stereocenters. The predicted molar refractivity (Wildman–Crippen MR) is 116 cm³/mol. The minimum Gasteiger partial charge on any atom is -0.375 e. The number of urea groups is 1. The van der Waals surface area contributed by atoms with Crippen LogP contribution in [0.15, 0.2) is 18.2 Å². The molecule has 0 spiro atoms. The number of likely N-dealkylation sites (tertiary alicyclic amines) is 2. The summed E-state index contributed by atoms with van der Waals surface area (Å²) in [6.45, 7) is 5.95. The Balaban J connectivity index is 1.57. The molecule has 3 heterocycles. The van der Waals surface area contributed by atoms with Crippen molar-refractivity contribution in [2.45, 2.75) is 25.7 Å². The number of aromatic nitrogens is 3. The van der Waals surface area contributed by atoms with Gasteiger partial charge in [0.15, 0.2) is 5.82 Å². The van der Waals surface area contributed by atoms with Gasteiger partial charge in [-0.1, -0.05) is 17.7 Å². The number of hydrogen-bond acceptors (Lipinski definition) is 5. The first-order valence-corrected chi connectivity index (χ1v) is 10.7. The molecule has 2 atom stereocenters. The summed E-state index contributed by atoms with van der Waals surface area (Å²) >= 11 is 6.30. The lowest BCUT2D eigenvalue weighted by Crippen LogP contribution is -2.52. The van der Waals surface area contributed by atoms with Crippen LogP contribution >= 0.6 is 11.6 Å². The Morgan fingerprint density at radius 3 is 2.77 bits per heavy atom. The van der Waals surface area contributed by atoms with Gasteiger partial charge in [0.2, 0.25) is 5.91 Å². The topological polar surface area (TPSA) is 103 Å². The number of aryl methyl sites for hydroxylation is 2. The van der Waals surface area contributed by atoms with Crippen LogP contribution < -0.4 is 5.32 Å². The van der Waals surface area contributed by atoms with Gasteiger partial charge in [-0.15, -0.1) is 0 Å². The summed E-state index contributed by atoms with van der Waals surface area (Å²) in [5.74, 6) is 1.42. The predicted octanol–water partition coefficient (Wildman–Crippen LogP) is 2.36. The average molecular weight is 447 g/mol. The summed E-state index contributed by atoms with van der Waals surface area (Å²) in [5, 5.41) is 10.8. The first-order chi connectivity index (χ1) is 14.8. The summed E-state index contributed by atoms with van der Waals surface area (Å²) in [6, 6.07) is 5.31. The summed E-state index contributed by atoms with van der Waals surface area (Å²) in [6.07, 6.45) is 0.680. The fourth-order valence-corrected chi connectivity index (χ4v) is 4.91. The van der Waals surface area contributed by atoms with Gasteiger partial charge in [0.1, 0.15) is 12.4 Å². The molecule has 2 fully saturated rings. The number of benzene rings is 1. The third-order valence-electron chi connectivity index (χ3n) is 6.28. The van der Waals surface area contributed by atoms with Crippen LogP contribution in [-0.4, -0.2) is 76.8 Å². The molecule has 4 rings (SSSR count). The van der Waals surface area contributed by atoms with Crippen molar-refractivity contribution in [3.63, 3.8) is 0 Å². The van der Waals surface area contributed by atoms with Gasteiger partial charge in [0.25, 0.3) is 0 Å². The number of carbonyl (C=O) groups excluding carboxylic acids is 2. The maximum Gasteiger partial charge on any atom is 0.321 e. The first kappa shape index (κ1) is 21.6. The van der Waals surface area contributed by atoms with E-state index in [1.807, 2.05) is 30.9 Å². The Labute approximate surface area is 186 Å². The van der Waals surface area contributed by atoms with Crippen LogP contribution in [0.4, 0.5) is 10.5 Å². The standard InChI is InChI=1S/C21H27ClN6O3/c1-13-4-5-17(16(22)8-13)24-20(30)28-10-15-9-27(18(29)11-31-3)7-6-21(15,12-28)19-23-14(2)25-26-19/h4-5,8,15H,6-7,9-12H2,1-3H3,(H,24,30)(H,23,25,26)/t15-,21-/m1/s1. The van der Waals surface area contributed by atoms with Crippen LogP contribution in [0.5, 0.6) is 0 Å². The monoisotopic (exact) mass is 446 g/mol. The molecule has 10 heteroatoms. The number of nitrogens with one attached hydrogen (secondary N) is 2. The lowest BCUT2D eigenvalue weighted by atomic mass is 9.72. The number of H-pyrrole nitrogens is 1. The summed E-state index contributed by atoms with van der Waals surface area (Å²) in [5.41, 5.74) is 1.20. The number of halogens is 1. The number of nitrogens with zero attached hydrogens (tertiary/aromatic N) is 4. The van der Waals surface area contributed by atoms with Crippen molar-refractivity contribution in [3.8, 4) is 0 Å². The van der Waals surface area contributed by atoms with Crippen molar-refractivity contribution >= 4 is 29.2 Å². The molecule has 0 bridgehead atoms. The number of anilines is 1. The van der Waals surface area contributed by atoms with Crippen LogP contribution in [0.1, 0.15) is 23.6 Å². The van der Waals surface area contributed by atoms with Crippen molar-refractivity contribution in [2.24, 2.45) is 5.92 Å². The van der Waals surface area contributed by atoms with Gasteiger partial charge >= 0.3 is 6.03 Å². The molecular weight excluding hydrogens is 420 g/mol. The highest BCUT2D eigenvalue weighted by Crippen LogP contribution is 2.44. The summed E-state index contributed by atoms with van der Waals surface area (Å²) in [4.78, 5) is 33.7. The van der Waals surface area contributed by atoms with Gasteiger partial charge in [-0.05, 0) is 38.0 Å². The van der Waals surface area contributed by atoms with Crippen LogP contribution in [0, 0.1) is 19.8 Å². The van der Waals surface area contributed by atoms with Crippen LogP contribution in [0.25, 0.3) is 0 Å². The van der Waals surface area contributed by atoms with Gasteiger partial charge in [0.05, 0.1) is 16.1 Å². The smallest absolute Gasteiger partial charge is 0.321 e. The zero-order valence-corrected chi connectivity index (χ0v) is 18.7. The second-order valence-electron chi connectivity index (χ2n) is 8.41. The number of rotatable bonds is 4. The fourth-order valence-electron chi connectivity index (χ4n) is 4.62. The zero-order valence-electron chi connectivity index (χ0n) is 17.9. The molecule has 2 aliphatic heterocycles. The van der Waals surface area contributed by atoms with Gasteiger partial charge in [-0.3, -0.25) is 9.89 Å². The maximum absolute atomic E-state index is 13.1. The highest BCUT2D eigenvalue weighted by Gasteiger charge is 2.54. The molecule has 1 aromatic heterocycles. The summed E-state index contributed by atoms with van der Waals surface area (Å²) in [7, 11) is 1.51. The highest BCUT2D eigenvalue weighted by molar-refractivity contribution is 6.33. The fraction of sp³-hybridized carbons (Fsp3) is 0.524. The van der Waals surface area contributed by atoms with Crippen LogP contribution in [0.2, 0.25) is 5.02 Å². The van der Waals surface area contributed by atoms with E-state index >= 15 is 0 Å². The molecule has 31 heavy (non-hydrogen) atoms. The van der Waals surface area contributed by atoms with Crippen molar-refractivity contribution in [1.82, 2.24) is 25.0 Å². The lowest BCUT2D eigenvalue weighted by Gasteiger charge is -2.41. The van der Waals surface area contributed by atoms with E-state index in [2.05, 4.69) is 20.5 Å². The molecular formula is C21H27ClN6O3. The van der Waals surface area contributed by atoms with Crippen molar-refractivity contribution in [1.29, 1.82) is 0 Å². The van der Waals surface area contributed by atoms with Gasteiger partial charge < -0.3 is 19.9 Å². The highest BCUT2D eigenvalue weighted by atomic mass is 35.5. The van der Waals surface area contributed by atoms with Crippen molar-refractivity contribution in [3.05, 3.63) is 40.4 Å². The molecule has 2 aromatic rings. The molecule has 2 N–H and O–H groups in total. The van der Waals surface area contributed by atoms with E-state index in [0.717, 1.165) is 11.4 Å². The second kappa shape index (κ2) is 8.47. The van der Waals surface area contributed by atoms with E-state index in [9.17, 15) is 9.59 Å². The number of aromatic amines is 1. The SMILES string of the molecule is COCC(=O)N1CC[C@@]2(c3n[nH]c(C)n3)CN(C(=O)Nc3ccc(C)cc3Cl)C[C@H]2C1. The Hall–Kier alpha value is -2.65. The third-order valence-corrected chi connectivity index (χ3v) is 6.59. The molecule has 0 radical (unpaired) electrons. The maximum atomic E-state index is 13.1. The number of amides is 3. The number of piperidine rings is 1. The Morgan fingerprint density at radius 1 is 1.32 bits per heavy atom. The molecule has 2 saturated heterocycles. The number of hydrogen-bond donors (Lipinski definition) is 2. The zero-order chi connectivity index (χ0) is 22.2. The third kappa shape index (κ3) is 4.12. The number of carbonyl (C=O) groups is 2. The molecule has 0 saturated carbocycles. The molecule has 3 amide bonds. The quantitative estimate of drug-likeness (QED) is 0.750. The van der Waals surface area contributed by atoms with Gasteiger partial charge in [0, 0.05) is 39.2 Å². The Bertz CT molecular complexity index is 995. The number of fused-ring (bicyclic) bond motifs is 1. The molecule has 0 aliphatic carbocycles. The lowest BCUT2D eigenvalue weighted by molar-refractivity contribution is -0.137. The van der Waals surface area contributed by atoms with Crippen LogP contribution in [-0.2, 0) is 14.9 Å². The first-order valence-electron chi connectivity index (χ1n) is 10.3. The van der Waals surface area contributed by atoms with E-state index in [-0.39, 0.29) is 24.5 Å². The van der Waals surface area contributed by atoms with Gasteiger partial charge in [-0.25, -0.2) is 9.78 Å². The van der Waals surface area contributed by atoms with E-state index in [1.165, 1.54) is 7.11 Å². The molecule has 9 nitrogen and oxygen atoms in total. The average Bonchev–Trinajstić information content (AvgIpc) is 3.34. The Kier molecular flexibility index (Phi) is 5.90.